The van der Waals surface area contributed by atoms with Gasteiger partial charge in [-0.1, -0.05) is 6.42 Å². The van der Waals surface area contributed by atoms with Crippen LogP contribution in [0.5, 0.6) is 5.75 Å². The van der Waals surface area contributed by atoms with E-state index >= 15 is 0 Å². The predicted molar refractivity (Wildman–Crippen MR) is 107 cm³/mol. The average Bonchev–Trinajstić information content (AvgIpc) is 2.73. The summed E-state index contributed by atoms with van der Waals surface area (Å²) in [6.07, 6.45) is -1.10. The maximum Gasteiger partial charge on any atom is 0.417 e. The van der Waals surface area contributed by atoms with Gasteiger partial charge in [0.05, 0.1) is 23.9 Å². The molecule has 1 aromatic heterocycles. The fourth-order valence-corrected chi connectivity index (χ4v) is 4.33. The van der Waals surface area contributed by atoms with Gasteiger partial charge >= 0.3 is 6.18 Å². The number of pyridine rings is 1. The highest BCUT2D eigenvalue weighted by Gasteiger charge is 2.36. The second kappa shape index (κ2) is 9.51. The predicted octanol–water partition coefficient (Wildman–Crippen LogP) is 5.23. The summed E-state index contributed by atoms with van der Waals surface area (Å²) < 4.78 is 46.0. The van der Waals surface area contributed by atoms with Crippen molar-refractivity contribution in [3.63, 3.8) is 0 Å². The Morgan fingerprint density at radius 1 is 1.17 bits per heavy atom. The summed E-state index contributed by atoms with van der Waals surface area (Å²) >= 11 is 1.21. The van der Waals surface area contributed by atoms with Crippen molar-refractivity contribution >= 4 is 11.8 Å². The molecule has 0 radical (unpaired) electrons. The zero-order chi connectivity index (χ0) is 20.9. The third-order valence-electron chi connectivity index (χ3n) is 4.88. The Morgan fingerprint density at radius 2 is 1.86 bits per heavy atom. The van der Waals surface area contributed by atoms with Crippen molar-refractivity contribution in [2.45, 2.75) is 30.5 Å². The van der Waals surface area contributed by atoms with Gasteiger partial charge in [-0.2, -0.15) is 18.4 Å². The van der Waals surface area contributed by atoms with Crippen molar-refractivity contribution in [2.75, 3.05) is 32.5 Å². The number of hydrogen-bond acceptors (Lipinski definition) is 5. The van der Waals surface area contributed by atoms with Crippen LogP contribution < -0.4 is 4.74 Å². The van der Waals surface area contributed by atoms with Crippen LogP contribution in [0.3, 0.4) is 0 Å². The molecule has 0 atom stereocenters. The number of piperidine rings is 1. The molecule has 3 rings (SSSR count). The SMILES string of the molecule is COc1ccc(-c2cc(C(F)(F)F)c(C#N)c(SCCN3CCCCC3)n2)cc1. The van der Waals surface area contributed by atoms with E-state index < -0.39 is 17.3 Å². The van der Waals surface area contributed by atoms with Gasteiger partial charge in [0, 0.05) is 17.9 Å². The highest BCUT2D eigenvalue weighted by molar-refractivity contribution is 7.99. The number of hydrogen-bond donors (Lipinski definition) is 0. The molecule has 1 aromatic carbocycles. The molecule has 1 fully saturated rings. The number of nitrogens with zero attached hydrogens (tertiary/aromatic N) is 3. The molecule has 8 heteroatoms. The van der Waals surface area contributed by atoms with Crippen LogP contribution in [0.15, 0.2) is 35.4 Å². The van der Waals surface area contributed by atoms with Crippen molar-refractivity contribution in [1.29, 1.82) is 5.26 Å². The molecule has 0 amide bonds. The first kappa shape index (κ1) is 21.5. The molecular formula is C21H22F3N3OS. The number of aromatic nitrogens is 1. The first-order chi connectivity index (χ1) is 13.9. The monoisotopic (exact) mass is 421 g/mol. The Balaban J connectivity index is 1.90. The number of thioether (sulfide) groups is 1. The third-order valence-corrected chi connectivity index (χ3v) is 5.84. The van der Waals surface area contributed by atoms with Crippen LogP contribution >= 0.6 is 11.8 Å². The second-order valence-electron chi connectivity index (χ2n) is 6.82. The van der Waals surface area contributed by atoms with Gasteiger partial charge in [0.1, 0.15) is 16.8 Å². The quantitative estimate of drug-likeness (QED) is 0.598. The van der Waals surface area contributed by atoms with E-state index in [1.165, 1.54) is 25.3 Å². The summed E-state index contributed by atoms with van der Waals surface area (Å²) in [6, 6.07) is 9.34. The second-order valence-corrected chi connectivity index (χ2v) is 7.91. The summed E-state index contributed by atoms with van der Waals surface area (Å²) in [5.74, 6) is 1.19. The molecule has 2 heterocycles. The summed E-state index contributed by atoms with van der Waals surface area (Å²) in [5, 5.41) is 9.54. The van der Waals surface area contributed by atoms with Crippen LogP contribution in [0, 0.1) is 11.3 Å². The van der Waals surface area contributed by atoms with Crippen molar-refractivity contribution in [2.24, 2.45) is 0 Å². The number of alkyl halides is 3. The number of halogens is 3. The summed E-state index contributed by atoms with van der Waals surface area (Å²) in [6.45, 7) is 2.79. The fraction of sp³-hybridized carbons (Fsp3) is 0.429. The van der Waals surface area contributed by atoms with E-state index in [1.54, 1.807) is 30.3 Å². The van der Waals surface area contributed by atoms with E-state index in [0.717, 1.165) is 38.5 Å². The minimum Gasteiger partial charge on any atom is -0.497 e. The number of likely N-dealkylation sites (tertiary alicyclic amines) is 1. The number of rotatable bonds is 6. The van der Waals surface area contributed by atoms with Gasteiger partial charge in [-0.3, -0.25) is 0 Å². The fourth-order valence-electron chi connectivity index (χ4n) is 3.32. The first-order valence-corrected chi connectivity index (χ1v) is 10.4. The summed E-state index contributed by atoms with van der Waals surface area (Å²) in [5.41, 5.74) is -0.613. The van der Waals surface area contributed by atoms with Gasteiger partial charge in [0.2, 0.25) is 0 Å². The first-order valence-electron chi connectivity index (χ1n) is 9.44. The number of nitriles is 1. The number of benzene rings is 1. The molecule has 1 aliphatic rings. The molecule has 154 valence electrons. The lowest BCUT2D eigenvalue weighted by Crippen LogP contribution is -2.31. The molecule has 0 spiro atoms. The van der Waals surface area contributed by atoms with Crippen molar-refractivity contribution in [3.8, 4) is 23.1 Å². The molecule has 1 aliphatic heterocycles. The van der Waals surface area contributed by atoms with Crippen LogP contribution in [0.2, 0.25) is 0 Å². The van der Waals surface area contributed by atoms with Crippen molar-refractivity contribution in [3.05, 3.63) is 41.5 Å². The topological polar surface area (TPSA) is 49.1 Å². The number of methoxy groups -OCH3 is 1. The highest BCUT2D eigenvalue weighted by atomic mass is 32.2. The molecular weight excluding hydrogens is 399 g/mol. The standard InChI is InChI=1S/C21H22F3N3OS/c1-28-16-7-5-15(6-8-16)19-13-18(21(22,23)24)17(14-25)20(26-19)29-12-11-27-9-3-2-4-10-27/h5-8,13H,2-4,9-12H2,1H3. The minimum atomic E-state index is -4.63. The molecule has 29 heavy (non-hydrogen) atoms. The van der Waals surface area contributed by atoms with E-state index in [1.807, 2.05) is 0 Å². The van der Waals surface area contributed by atoms with Crippen molar-refractivity contribution < 1.29 is 17.9 Å². The Morgan fingerprint density at radius 3 is 2.45 bits per heavy atom. The van der Waals surface area contributed by atoms with Crippen LogP contribution in [-0.2, 0) is 6.18 Å². The molecule has 0 unspecified atom stereocenters. The smallest absolute Gasteiger partial charge is 0.417 e. The number of ether oxygens (including phenoxy) is 1. The maximum absolute atomic E-state index is 13.6. The molecule has 2 aromatic rings. The molecule has 0 aliphatic carbocycles. The van der Waals surface area contributed by atoms with Crippen LogP contribution in [0.1, 0.15) is 30.4 Å². The maximum atomic E-state index is 13.6. The zero-order valence-corrected chi connectivity index (χ0v) is 16.9. The van der Waals surface area contributed by atoms with Crippen LogP contribution in [-0.4, -0.2) is 42.4 Å². The van der Waals surface area contributed by atoms with E-state index in [0.29, 0.717) is 17.1 Å². The average molecular weight is 421 g/mol. The van der Waals surface area contributed by atoms with Gasteiger partial charge in [0.15, 0.2) is 0 Å². The molecule has 0 N–H and O–H groups in total. The molecule has 0 bridgehead atoms. The zero-order valence-electron chi connectivity index (χ0n) is 16.1. The Kier molecular flexibility index (Phi) is 7.04. The summed E-state index contributed by atoms with van der Waals surface area (Å²) in [7, 11) is 1.52. The van der Waals surface area contributed by atoms with Gasteiger partial charge in [0.25, 0.3) is 0 Å². The van der Waals surface area contributed by atoms with Gasteiger partial charge in [-0.05, 0) is 56.3 Å². The molecule has 1 saturated heterocycles. The van der Waals surface area contributed by atoms with E-state index in [2.05, 4.69) is 9.88 Å². The van der Waals surface area contributed by atoms with E-state index in [-0.39, 0.29) is 10.7 Å². The highest BCUT2D eigenvalue weighted by Crippen LogP contribution is 2.38. The van der Waals surface area contributed by atoms with Gasteiger partial charge in [-0.15, -0.1) is 11.8 Å². The Labute approximate surface area is 172 Å². The van der Waals surface area contributed by atoms with Gasteiger partial charge in [-0.25, -0.2) is 4.98 Å². The lowest BCUT2D eigenvalue weighted by atomic mass is 10.1. The van der Waals surface area contributed by atoms with Gasteiger partial charge < -0.3 is 9.64 Å². The van der Waals surface area contributed by atoms with E-state index in [4.69, 9.17) is 4.74 Å². The van der Waals surface area contributed by atoms with Crippen LogP contribution in [0.4, 0.5) is 13.2 Å². The Bertz CT molecular complexity index is 872. The molecule has 4 nitrogen and oxygen atoms in total. The normalized spacial score (nSPS) is 15.1. The minimum absolute atomic E-state index is 0.130. The van der Waals surface area contributed by atoms with E-state index in [9.17, 15) is 18.4 Å². The Hall–Kier alpha value is -2.24. The lowest BCUT2D eigenvalue weighted by molar-refractivity contribution is -0.138. The summed E-state index contributed by atoms with van der Waals surface area (Å²) in [4.78, 5) is 6.71. The lowest BCUT2D eigenvalue weighted by Gasteiger charge is -2.26. The van der Waals surface area contributed by atoms with Crippen LogP contribution in [0.25, 0.3) is 11.3 Å². The van der Waals surface area contributed by atoms with Crippen molar-refractivity contribution in [1.82, 2.24) is 9.88 Å². The largest absolute Gasteiger partial charge is 0.497 e. The third kappa shape index (κ3) is 5.43. The molecule has 0 saturated carbocycles.